The number of aliphatic hydroxyl groups excluding tert-OH is 1. The van der Waals surface area contributed by atoms with E-state index in [9.17, 15) is 9.50 Å². The molecule has 1 aliphatic carbocycles. The highest BCUT2D eigenvalue weighted by molar-refractivity contribution is 9.10. The molecule has 100 valence electrons. The minimum absolute atomic E-state index is 0.250. The molecule has 3 atom stereocenters. The largest absolute Gasteiger partial charge is 0.392 e. The molecule has 2 rings (SSSR count). The number of aliphatic hydroxyl groups is 1. The van der Waals surface area contributed by atoms with Crippen molar-refractivity contribution < 1.29 is 9.50 Å². The zero-order valence-electron chi connectivity index (χ0n) is 10.7. The number of hydrogen-bond donors (Lipinski definition) is 1. The van der Waals surface area contributed by atoms with Gasteiger partial charge >= 0.3 is 0 Å². The summed E-state index contributed by atoms with van der Waals surface area (Å²) in [7, 11) is 0. The summed E-state index contributed by atoms with van der Waals surface area (Å²) in [5.41, 5.74) is 0.996. The zero-order valence-corrected chi connectivity index (χ0v) is 12.3. The van der Waals surface area contributed by atoms with Crippen molar-refractivity contribution in [3.63, 3.8) is 0 Å². The van der Waals surface area contributed by atoms with Gasteiger partial charge in [-0.2, -0.15) is 0 Å². The van der Waals surface area contributed by atoms with E-state index >= 15 is 0 Å². The maximum absolute atomic E-state index is 13.1. The van der Waals surface area contributed by atoms with Gasteiger partial charge in [0.2, 0.25) is 0 Å². The van der Waals surface area contributed by atoms with E-state index < -0.39 is 0 Å². The van der Waals surface area contributed by atoms with Crippen LogP contribution in [0.2, 0.25) is 0 Å². The average molecular weight is 315 g/mol. The normalized spacial score (nSPS) is 25.3. The molecular weight excluding hydrogens is 295 g/mol. The number of rotatable bonds is 4. The maximum Gasteiger partial charge on any atom is 0.137 e. The van der Waals surface area contributed by atoms with Crippen molar-refractivity contribution in [2.45, 2.75) is 45.1 Å². The number of halogens is 2. The molecule has 3 heteroatoms. The topological polar surface area (TPSA) is 20.2 Å². The van der Waals surface area contributed by atoms with Crippen molar-refractivity contribution in [2.24, 2.45) is 11.8 Å². The fraction of sp³-hybridized carbons (Fsp3) is 0.600. The van der Waals surface area contributed by atoms with Gasteiger partial charge in [0.25, 0.3) is 0 Å². The van der Waals surface area contributed by atoms with Crippen molar-refractivity contribution in [3.05, 3.63) is 34.1 Å². The lowest BCUT2D eigenvalue weighted by molar-refractivity contribution is 0.108. The van der Waals surface area contributed by atoms with Gasteiger partial charge in [-0.05, 0) is 64.7 Å². The van der Waals surface area contributed by atoms with Gasteiger partial charge in [-0.25, -0.2) is 4.39 Å². The summed E-state index contributed by atoms with van der Waals surface area (Å²) in [5.74, 6) is 0.948. The summed E-state index contributed by atoms with van der Waals surface area (Å²) in [6.45, 7) is 2.22. The van der Waals surface area contributed by atoms with Gasteiger partial charge in [-0.1, -0.05) is 25.8 Å². The molecule has 1 aliphatic rings. The van der Waals surface area contributed by atoms with Crippen LogP contribution in [0.3, 0.4) is 0 Å². The lowest BCUT2D eigenvalue weighted by atomic mass is 9.93. The second-order valence-corrected chi connectivity index (χ2v) is 6.22. The van der Waals surface area contributed by atoms with Gasteiger partial charge in [0.1, 0.15) is 5.82 Å². The van der Waals surface area contributed by atoms with E-state index in [1.807, 2.05) is 0 Å². The molecule has 1 nitrogen and oxygen atoms in total. The van der Waals surface area contributed by atoms with Crippen LogP contribution in [0.25, 0.3) is 0 Å². The SMILES string of the molecule is CCC1CCC(C(O)Cc2ccc(F)c(Br)c2)C1. The van der Waals surface area contributed by atoms with Crippen LogP contribution >= 0.6 is 15.9 Å². The molecule has 0 aliphatic heterocycles. The number of hydrogen-bond acceptors (Lipinski definition) is 1. The van der Waals surface area contributed by atoms with Crippen LogP contribution in [0.15, 0.2) is 22.7 Å². The van der Waals surface area contributed by atoms with E-state index in [0.717, 1.165) is 24.3 Å². The lowest BCUT2D eigenvalue weighted by Gasteiger charge is -2.18. The summed E-state index contributed by atoms with van der Waals surface area (Å²) in [4.78, 5) is 0. The van der Waals surface area contributed by atoms with Crippen LogP contribution in [0.5, 0.6) is 0 Å². The molecule has 0 spiro atoms. The molecule has 3 unspecified atom stereocenters. The molecule has 0 bridgehead atoms. The smallest absolute Gasteiger partial charge is 0.137 e. The third kappa shape index (κ3) is 3.33. The first-order chi connectivity index (χ1) is 8.60. The van der Waals surface area contributed by atoms with Crippen molar-refractivity contribution in [1.82, 2.24) is 0 Å². The summed E-state index contributed by atoms with van der Waals surface area (Å²) in [5, 5.41) is 10.3. The predicted molar refractivity (Wildman–Crippen MR) is 74.9 cm³/mol. The van der Waals surface area contributed by atoms with Crippen LogP contribution in [-0.4, -0.2) is 11.2 Å². The van der Waals surface area contributed by atoms with Crippen LogP contribution in [0.1, 0.15) is 38.2 Å². The van der Waals surface area contributed by atoms with E-state index in [1.165, 1.54) is 18.9 Å². The second kappa shape index (κ2) is 6.16. The van der Waals surface area contributed by atoms with Crippen molar-refractivity contribution >= 4 is 15.9 Å². The standard InChI is InChI=1S/C15H20BrFO/c1-2-10-3-5-12(7-10)15(18)9-11-4-6-14(17)13(16)8-11/h4,6,8,10,12,15,18H,2-3,5,7,9H2,1H3. The van der Waals surface area contributed by atoms with Crippen molar-refractivity contribution in [1.29, 1.82) is 0 Å². The van der Waals surface area contributed by atoms with Crippen LogP contribution in [-0.2, 0) is 6.42 Å². The quantitative estimate of drug-likeness (QED) is 0.877. The molecule has 0 amide bonds. The average Bonchev–Trinajstić information content (AvgIpc) is 2.82. The van der Waals surface area contributed by atoms with Gasteiger partial charge in [-0.3, -0.25) is 0 Å². The Morgan fingerprint density at radius 2 is 2.22 bits per heavy atom. The highest BCUT2D eigenvalue weighted by Gasteiger charge is 2.28. The molecule has 1 N–H and O–H groups in total. The summed E-state index contributed by atoms with van der Waals surface area (Å²) in [6, 6.07) is 4.98. The maximum atomic E-state index is 13.1. The third-order valence-electron chi connectivity index (χ3n) is 4.13. The first-order valence-electron chi connectivity index (χ1n) is 6.72. The van der Waals surface area contributed by atoms with Gasteiger partial charge in [0, 0.05) is 0 Å². The Bertz CT molecular complexity index is 407. The predicted octanol–water partition coefficient (Wildman–Crippen LogP) is 4.32. The molecule has 1 aromatic carbocycles. The molecule has 1 saturated carbocycles. The molecule has 18 heavy (non-hydrogen) atoms. The minimum Gasteiger partial charge on any atom is -0.392 e. The Morgan fingerprint density at radius 3 is 2.83 bits per heavy atom. The summed E-state index contributed by atoms with van der Waals surface area (Å²) in [6.07, 6.45) is 5.05. The Kier molecular flexibility index (Phi) is 4.79. The summed E-state index contributed by atoms with van der Waals surface area (Å²) >= 11 is 3.18. The Balaban J connectivity index is 1.94. The van der Waals surface area contributed by atoms with E-state index in [-0.39, 0.29) is 11.9 Å². The second-order valence-electron chi connectivity index (χ2n) is 5.37. The van der Waals surface area contributed by atoms with Crippen molar-refractivity contribution in [2.75, 3.05) is 0 Å². The fourth-order valence-corrected chi connectivity index (χ4v) is 3.33. The third-order valence-corrected chi connectivity index (χ3v) is 4.74. The van der Waals surface area contributed by atoms with Crippen LogP contribution in [0, 0.1) is 17.7 Å². The monoisotopic (exact) mass is 314 g/mol. The van der Waals surface area contributed by atoms with Gasteiger partial charge in [-0.15, -0.1) is 0 Å². The van der Waals surface area contributed by atoms with Crippen LogP contribution < -0.4 is 0 Å². The van der Waals surface area contributed by atoms with E-state index in [1.54, 1.807) is 12.1 Å². The zero-order chi connectivity index (χ0) is 13.1. The molecule has 0 saturated heterocycles. The van der Waals surface area contributed by atoms with E-state index in [0.29, 0.717) is 16.8 Å². The molecule has 0 radical (unpaired) electrons. The van der Waals surface area contributed by atoms with E-state index in [2.05, 4.69) is 22.9 Å². The Labute approximate surface area is 117 Å². The van der Waals surface area contributed by atoms with Crippen molar-refractivity contribution in [3.8, 4) is 0 Å². The minimum atomic E-state index is -0.293. The molecule has 1 aromatic rings. The van der Waals surface area contributed by atoms with Crippen LogP contribution in [0.4, 0.5) is 4.39 Å². The first kappa shape index (κ1) is 14.0. The highest BCUT2D eigenvalue weighted by atomic mass is 79.9. The highest BCUT2D eigenvalue weighted by Crippen LogP contribution is 2.35. The van der Waals surface area contributed by atoms with Gasteiger partial charge in [0.15, 0.2) is 0 Å². The first-order valence-corrected chi connectivity index (χ1v) is 7.51. The van der Waals surface area contributed by atoms with E-state index in [4.69, 9.17) is 0 Å². The Hall–Kier alpha value is -0.410. The molecule has 0 heterocycles. The van der Waals surface area contributed by atoms with Gasteiger partial charge in [0.05, 0.1) is 10.6 Å². The fourth-order valence-electron chi connectivity index (χ4n) is 2.91. The Morgan fingerprint density at radius 1 is 1.44 bits per heavy atom. The van der Waals surface area contributed by atoms with Gasteiger partial charge < -0.3 is 5.11 Å². The lowest BCUT2D eigenvalue weighted by Crippen LogP contribution is -2.20. The molecular formula is C15H20BrFO. The summed E-state index contributed by atoms with van der Waals surface area (Å²) < 4.78 is 13.6. The molecule has 1 fully saturated rings. The number of benzene rings is 1. The molecule has 0 aromatic heterocycles.